The summed E-state index contributed by atoms with van der Waals surface area (Å²) in [6, 6.07) is 0. The number of piperazine rings is 1. The van der Waals surface area contributed by atoms with E-state index in [2.05, 4.69) is 14.9 Å². The van der Waals surface area contributed by atoms with E-state index in [1.807, 2.05) is 5.38 Å². The zero-order valence-corrected chi connectivity index (χ0v) is 16.7. The van der Waals surface area contributed by atoms with Crippen LogP contribution in [0.2, 0.25) is 0 Å². The number of thiazole rings is 1. The maximum Gasteiger partial charge on any atom is 0.406 e. The molecular formula is C13H20F3IN6OS. The quantitative estimate of drug-likeness (QED) is 0.389. The molecule has 1 saturated heterocycles. The van der Waals surface area contributed by atoms with Gasteiger partial charge in [0.05, 0.1) is 0 Å². The lowest BCUT2D eigenvalue weighted by molar-refractivity contribution is -0.157. The van der Waals surface area contributed by atoms with Crippen molar-refractivity contribution in [3.8, 4) is 0 Å². The van der Waals surface area contributed by atoms with Crippen molar-refractivity contribution in [3.05, 3.63) is 11.6 Å². The molecule has 0 bridgehead atoms. The molecule has 1 fully saturated rings. The van der Waals surface area contributed by atoms with E-state index in [4.69, 9.17) is 5.73 Å². The lowest BCUT2D eigenvalue weighted by Gasteiger charge is -2.35. The lowest BCUT2D eigenvalue weighted by atomic mass is 10.3. The Morgan fingerprint density at radius 3 is 2.56 bits per heavy atom. The average molecular weight is 492 g/mol. The van der Waals surface area contributed by atoms with Crippen molar-refractivity contribution in [2.75, 3.05) is 51.2 Å². The molecule has 2 rings (SSSR count). The monoisotopic (exact) mass is 492 g/mol. The smallest absolute Gasteiger partial charge is 0.370 e. The van der Waals surface area contributed by atoms with Gasteiger partial charge in [0.1, 0.15) is 13.1 Å². The van der Waals surface area contributed by atoms with Crippen LogP contribution in [0, 0.1) is 0 Å². The van der Waals surface area contributed by atoms with E-state index in [0.29, 0.717) is 31.1 Å². The van der Waals surface area contributed by atoms with E-state index in [1.165, 1.54) is 0 Å². The molecule has 0 aliphatic carbocycles. The minimum absolute atomic E-state index is 0. The number of carbonyl (C=O) groups is 1. The van der Waals surface area contributed by atoms with Crippen LogP contribution in [-0.4, -0.2) is 79.1 Å². The summed E-state index contributed by atoms with van der Waals surface area (Å²) >= 11 is 1.55. The molecule has 2 heterocycles. The van der Waals surface area contributed by atoms with Gasteiger partial charge < -0.3 is 20.4 Å². The number of aromatic nitrogens is 1. The van der Waals surface area contributed by atoms with Gasteiger partial charge in [0.2, 0.25) is 5.91 Å². The van der Waals surface area contributed by atoms with Crippen LogP contribution in [0.4, 0.5) is 18.3 Å². The number of hydrogen-bond acceptors (Lipinski definition) is 5. The third-order valence-electron chi connectivity index (χ3n) is 3.51. The van der Waals surface area contributed by atoms with Gasteiger partial charge in [0, 0.05) is 44.8 Å². The van der Waals surface area contributed by atoms with Gasteiger partial charge in [-0.05, 0) is 0 Å². The van der Waals surface area contributed by atoms with Gasteiger partial charge in [0.25, 0.3) is 0 Å². The largest absolute Gasteiger partial charge is 0.406 e. The van der Waals surface area contributed by atoms with E-state index in [1.54, 1.807) is 22.4 Å². The fourth-order valence-corrected chi connectivity index (χ4v) is 2.92. The van der Waals surface area contributed by atoms with E-state index >= 15 is 0 Å². The highest BCUT2D eigenvalue weighted by Crippen LogP contribution is 2.18. The number of alkyl halides is 3. The van der Waals surface area contributed by atoms with Gasteiger partial charge in [-0.2, -0.15) is 13.2 Å². The van der Waals surface area contributed by atoms with Crippen molar-refractivity contribution in [1.29, 1.82) is 0 Å². The third kappa shape index (κ3) is 6.84. The summed E-state index contributed by atoms with van der Waals surface area (Å²) in [5, 5.41) is 2.84. The van der Waals surface area contributed by atoms with Gasteiger partial charge in [-0.15, -0.1) is 35.3 Å². The Balaban J connectivity index is 0.00000312. The van der Waals surface area contributed by atoms with Gasteiger partial charge in [-0.1, -0.05) is 0 Å². The predicted molar refractivity (Wildman–Crippen MR) is 101 cm³/mol. The number of anilines is 1. The second-order valence-electron chi connectivity index (χ2n) is 5.33. The number of rotatable bonds is 4. The van der Waals surface area contributed by atoms with Crippen molar-refractivity contribution in [2.24, 2.45) is 10.7 Å². The number of hydrogen-bond donors (Lipinski definition) is 1. The van der Waals surface area contributed by atoms with E-state index in [9.17, 15) is 18.0 Å². The molecule has 25 heavy (non-hydrogen) atoms. The standard InChI is InChI=1S/C13H19F3N6OS.HI/c1-20(9-13(14,15)16)10(23)8-19-11(17)21-3-5-22(6-4-21)12-18-2-7-24-12;/h2,7H,3-6,8-9H2,1H3,(H2,17,19);1H. The maximum absolute atomic E-state index is 12.2. The minimum Gasteiger partial charge on any atom is -0.370 e. The summed E-state index contributed by atoms with van der Waals surface area (Å²) < 4.78 is 36.7. The Morgan fingerprint density at radius 2 is 2.04 bits per heavy atom. The highest BCUT2D eigenvalue weighted by Gasteiger charge is 2.31. The van der Waals surface area contributed by atoms with Crippen LogP contribution in [0.5, 0.6) is 0 Å². The maximum atomic E-state index is 12.2. The molecule has 2 N–H and O–H groups in total. The number of aliphatic imine (C=N–C) groups is 1. The highest BCUT2D eigenvalue weighted by molar-refractivity contribution is 14.0. The fraction of sp³-hybridized carbons (Fsp3) is 0.615. The molecule has 1 aliphatic rings. The number of nitrogens with two attached hydrogens (primary N) is 1. The molecular weight excluding hydrogens is 472 g/mol. The summed E-state index contributed by atoms with van der Waals surface area (Å²) in [6.07, 6.45) is -2.68. The van der Waals surface area contributed by atoms with Crippen LogP contribution in [0.1, 0.15) is 0 Å². The van der Waals surface area contributed by atoms with Crippen molar-refractivity contribution in [2.45, 2.75) is 6.18 Å². The molecule has 0 atom stereocenters. The first-order chi connectivity index (χ1) is 11.3. The van der Waals surface area contributed by atoms with Crippen LogP contribution in [-0.2, 0) is 4.79 Å². The highest BCUT2D eigenvalue weighted by atomic mass is 127. The van der Waals surface area contributed by atoms with Crippen LogP contribution in [0.25, 0.3) is 0 Å². The first kappa shape index (κ1) is 21.7. The first-order valence-electron chi connectivity index (χ1n) is 7.26. The van der Waals surface area contributed by atoms with Gasteiger partial charge >= 0.3 is 6.18 Å². The lowest BCUT2D eigenvalue weighted by Crippen LogP contribution is -2.51. The summed E-state index contributed by atoms with van der Waals surface area (Å²) in [4.78, 5) is 24.3. The summed E-state index contributed by atoms with van der Waals surface area (Å²) in [6.45, 7) is 0.957. The molecule has 0 unspecified atom stereocenters. The minimum atomic E-state index is -4.42. The second-order valence-corrected chi connectivity index (χ2v) is 6.20. The van der Waals surface area contributed by atoms with E-state index in [-0.39, 0.29) is 29.9 Å². The van der Waals surface area contributed by atoms with Crippen molar-refractivity contribution < 1.29 is 18.0 Å². The molecule has 0 spiro atoms. The van der Waals surface area contributed by atoms with E-state index < -0.39 is 25.2 Å². The number of halogens is 4. The number of carbonyl (C=O) groups excluding carboxylic acids is 1. The van der Waals surface area contributed by atoms with Gasteiger partial charge in [-0.25, -0.2) is 9.98 Å². The second kappa shape index (κ2) is 9.40. The molecule has 1 aliphatic heterocycles. The number of nitrogens with zero attached hydrogens (tertiary/aromatic N) is 5. The Labute approximate surface area is 164 Å². The Hall–Kier alpha value is -1.31. The number of amides is 1. The fourth-order valence-electron chi connectivity index (χ4n) is 2.23. The van der Waals surface area contributed by atoms with Crippen LogP contribution < -0.4 is 10.6 Å². The summed E-state index contributed by atoms with van der Waals surface area (Å²) in [5.41, 5.74) is 5.84. The Bertz CT molecular complexity index is 575. The molecule has 12 heteroatoms. The first-order valence-corrected chi connectivity index (χ1v) is 8.14. The molecule has 1 amide bonds. The third-order valence-corrected chi connectivity index (χ3v) is 4.34. The Morgan fingerprint density at radius 1 is 1.40 bits per heavy atom. The van der Waals surface area contributed by atoms with Crippen molar-refractivity contribution >= 4 is 52.3 Å². The average Bonchev–Trinajstić information content (AvgIpc) is 3.05. The van der Waals surface area contributed by atoms with Crippen LogP contribution in [0.15, 0.2) is 16.6 Å². The molecule has 0 saturated carbocycles. The molecule has 1 aromatic heterocycles. The van der Waals surface area contributed by atoms with Gasteiger partial charge in [0.15, 0.2) is 11.1 Å². The zero-order valence-electron chi connectivity index (χ0n) is 13.6. The molecule has 0 aromatic carbocycles. The number of likely N-dealkylation sites (N-methyl/N-ethyl adjacent to an activating group) is 1. The molecule has 1 aromatic rings. The zero-order chi connectivity index (χ0) is 17.7. The molecule has 0 radical (unpaired) electrons. The normalized spacial score (nSPS) is 15.8. The topological polar surface area (TPSA) is 78.1 Å². The van der Waals surface area contributed by atoms with Crippen LogP contribution >= 0.6 is 35.3 Å². The van der Waals surface area contributed by atoms with E-state index in [0.717, 1.165) is 12.2 Å². The molecule has 142 valence electrons. The summed E-state index contributed by atoms with van der Waals surface area (Å²) in [7, 11) is 1.09. The van der Waals surface area contributed by atoms with Crippen LogP contribution in [0.3, 0.4) is 0 Å². The van der Waals surface area contributed by atoms with Crippen molar-refractivity contribution in [3.63, 3.8) is 0 Å². The summed E-state index contributed by atoms with van der Waals surface area (Å²) in [5.74, 6) is -0.556. The van der Waals surface area contributed by atoms with Crippen molar-refractivity contribution in [1.82, 2.24) is 14.8 Å². The Kier molecular flexibility index (Phi) is 8.18. The predicted octanol–water partition coefficient (Wildman–Crippen LogP) is 1.22. The number of guanidine groups is 1. The van der Waals surface area contributed by atoms with Gasteiger partial charge in [-0.3, -0.25) is 4.79 Å². The SMILES string of the molecule is CN(CC(F)(F)F)C(=O)CN=C(N)N1CCN(c2nccs2)CC1.I. The molecule has 7 nitrogen and oxygen atoms in total.